The van der Waals surface area contributed by atoms with E-state index in [1.807, 2.05) is 0 Å². The number of hydrogen-bond donors (Lipinski definition) is 1. The van der Waals surface area contributed by atoms with Gasteiger partial charge in [-0.25, -0.2) is 9.18 Å². The molecule has 1 aliphatic heterocycles. The zero-order valence-electron chi connectivity index (χ0n) is 16.4. The van der Waals surface area contributed by atoms with Gasteiger partial charge in [0.1, 0.15) is 5.82 Å². The van der Waals surface area contributed by atoms with Gasteiger partial charge >= 0.3 is 6.09 Å². The topological polar surface area (TPSA) is 79.0 Å². The Morgan fingerprint density at radius 2 is 1.93 bits per heavy atom. The van der Waals surface area contributed by atoms with Gasteiger partial charge < -0.3 is 19.9 Å². The van der Waals surface area contributed by atoms with E-state index in [9.17, 15) is 18.8 Å². The molecule has 0 radical (unpaired) electrons. The van der Waals surface area contributed by atoms with Crippen molar-refractivity contribution in [3.05, 3.63) is 35.6 Å². The molecule has 28 heavy (non-hydrogen) atoms. The number of carbonyl (C=O) groups is 3. The summed E-state index contributed by atoms with van der Waals surface area (Å²) in [6.45, 7) is 4.74. The lowest BCUT2D eigenvalue weighted by Crippen LogP contribution is -2.49. The average Bonchev–Trinajstić information content (AvgIpc) is 2.66. The van der Waals surface area contributed by atoms with E-state index in [1.165, 1.54) is 17.9 Å². The summed E-state index contributed by atoms with van der Waals surface area (Å²) in [6.07, 6.45) is 1.29. The lowest BCUT2D eigenvalue weighted by Gasteiger charge is -2.32. The number of nitrogens with one attached hydrogen (secondary N) is 1. The van der Waals surface area contributed by atoms with Crippen molar-refractivity contribution in [2.75, 3.05) is 32.8 Å². The Hall–Kier alpha value is -2.64. The smallest absolute Gasteiger partial charge is 0.409 e. The molecule has 0 saturated carbocycles. The highest BCUT2D eigenvalue weighted by molar-refractivity contribution is 5.84. The predicted octanol–water partition coefficient (Wildman–Crippen LogP) is 1.95. The fourth-order valence-electron chi connectivity index (χ4n) is 3.17. The van der Waals surface area contributed by atoms with Crippen molar-refractivity contribution in [1.82, 2.24) is 15.1 Å². The highest BCUT2D eigenvalue weighted by Gasteiger charge is 2.25. The van der Waals surface area contributed by atoms with Crippen molar-refractivity contribution in [3.8, 4) is 0 Å². The predicted molar refractivity (Wildman–Crippen MR) is 102 cm³/mol. The van der Waals surface area contributed by atoms with E-state index in [0.29, 0.717) is 44.5 Å². The molecule has 0 spiro atoms. The third kappa shape index (κ3) is 6.51. The van der Waals surface area contributed by atoms with E-state index in [4.69, 9.17) is 4.74 Å². The molecule has 1 saturated heterocycles. The van der Waals surface area contributed by atoms with Gasteiger partial charge in [0.25, 0.3) is 0 Å². The molecular weight excluding hydrogens is 365 g/mol. The SMILES string of the molecule is CCOC(=O)N1CCC(NC(=O)CN(CCc2ccccc2F)C(C)=O)CC1. The lowest BCUT2D eigenvalue weighted by molar-refractivity contribution is -0.134. The standard InChI is InChI=1S/C20H28FN3O4/c1-3-28-20(27)23-12-9-17(10-13-23)22-19(26)14-24(15(2)25)11-8-16-6-4-5-7-18(16)21/h4-7,17H,3,8-14H2,1-2H3,(H,22,26). The van der Waals surface area contributed by atoms with Crippen LogP contribution in [-0.2, 0) is 20.7 Å². The second-order valence-electron chi connectivity index (χ2n) is 6.81. The molecule has 2 rings (SSSR count). The lowest BCUT2D eigenvalue weighted by atomic mass is 10.1. The first-order valence-corrected chi connectivity index (χ1v) is 9.60. The van der Waals surface area contributed by atoms with Gasteiger partial charge in [0.05, 0.1) is 13.2 Å². The average molecular weight is 393 g/mol. The Morgan fingerprint density at radius 3 is 2.54 bits per heavy atom. The summed E-state index contributed by atoms with van der Waals surface area (Å²) >= 11 is 0. The van der Waals surface area contributed by atoms with Crippen LogP contribution < -0.4 is 5.32 Å². The molecule has 0 aromatic heterocycles. The maximum atomic E-state index is 13.7. The van der Waals surface area contributed by atoms with Gasteiger partial charge in [-0.15, -0.1) is 0 Å². The van der Waals surface area contributed by atoms with Crippen molar-refractivity contribution < 1.29 is 23.5 Å². The number of nitrogens with zero attached hydrogens (tertiary/aromatic N) is 2. The van der Waals surface area contributed by atoms with Crippen molar-refractivity contribution >= 4 is 17.9 Å². The molecule has 154 valence electrons. The highest BCUT2D eigenvalue weighted by Crippen LogP contribution is 2.12. The minimum absolute atomic E-state index is 0.0430. The Labute approximate surface area is 164 Å². The fraction of sp³-hybridized carbons (Fsp3) is 0.550. The summed E-state index contributed by atoms with van der Waals surface area (Å²) < 4.78 is 18.7. The molecule has 8 heteroatoms. The number of piperidine rings is 1. The molecule has 1 N–H and O–H groups in total. The van der Waals surface area contributed by atoms with E-state index < -0.39 is 0 Å². The normalized spacial score (nSPS) is 14.5. The molecule has 1 aromatic rings. The van der Waals surface area contributed by atoms with Gasteiger partial charge in [0.15, 0.2) is 0 Å². The quantitative estimate of drug-likeness (QED) is 0.768. The second kappa shape index (κ2) is 10.6. The molecule has 7 nitrogen and oxygen atoms in total. The van der Waals surface area contributed by atoms with Crippen LogP contribution in [0.4, 0.5) is 9.18 Å². The molecule has 1 fully saturated rings. The molecule has 0 aliphatic carbocycles. The molecule has 3 amide bonds. The summed E-state index contributed by atoms with van der Waals surface area (Å²) in [5.41, 5.74) is 0.514. The van der Waals surface area contributed by atoms with Crippen LogP contribution in [0, 0.1) is 5.82 Å². The summed E-state index contributed by atoms with van der Waals surface area (Å²) in [5.74, 6) is -0.800. The zero-order chi connectivity index (χ0) is 20.5. The van der Waals surface area contributed by atoms with Crippen LogP contribution in [0.5, 0.6) is 0 Å². The first-order valence-electron chi connectivity index (χ1n) is 9.60. The van der Waals surface area contributed by atoms with Gasteiger partial charge in [-0.3, -0.25) is 9.59 Å². The monoisotopic (exact) mass is 393 g/mol. The fourth-order valence-corrected chi connectivity index (χ4v) is 3.17. The van der Waals surface area contributed by atoms with Gasteiger partial charge in [-0.1, -0.05) is 18.2 Å². The maximum absolute atomic E-state index is 13.7. The van der Waals surface area contributed by atoms with Gasteiger partial charge in [-0.2, -0.15) is 0 Å². The van der Waals surface area contributed by atoms with E-state index in [-0.39, 0.29) is 42.9 Å². The zero-order valence-corrected chi connectivity index (χ0v) is 16.4. The molecule has 0 atom stereocenters. The number of rotatable bonds is 7. The number of likely N-dealkylation sites (tertiary alicyclic amines) is 1. The minimum atomic E-state index is -0.330. The largest absolute Gasteiger partial charge is 0.450 e. The number of hydrogen-bond acceptors (Lipinski definition) is 4. The Balaban J connectivity index is 1.79. The van der Waals surface area contributed by atoms with E-state index in [0.717, 1.165) is 0 Å². The van der Waals surface area contributed by atoms with Crippen LogP contribution >= 0.6 is 0 Å². The molecule has 1 aromatic carbocycles. The Bertz CT molecular complexity index is 690. The van der Waals surface area contributed by atoms with Gasteiger partial charge in [0.2, 0.25) is 11.8 Å². The summed E-state index contributed by atoms with van der Waals surface area (Å²) in [5, 5.41) is 2.92. The van der Waals surface area contributed by atoms with E-state index >= 15 is 0 Å². The first kappa shape index (κ1) is 21.7. The molecule has 1 heterocycles. The van der Waals surface area contributed by atoms with Crippen molar-refractivity contribution in [1.29, 1.82) is 0 Å². The van der Waals surface area contributed by atoms with Crippen LogP contribution in [0.1, 0.15) is 32.3 Å². The van der Waals surface area contributed by atoms with Crippen LogP contribution in [0.15, 0.2) is 24.3 Å². The summed E-state index contributed by atoms with van der Waals surface area (Å²) in [6, 6.07) is 6.36. The Morgan fingerprint density at radius 1 is 1.25 bits per heavy atom. The maximum Gasteiger partial charge on any atom is 0.409 e. The van der Waals surface area contributed by atoms with Crippen LogP contribution in [0.25, 0.3) is 0 Å². The minimum Gasteiger partial charge on any atom is -0.450 e. The summed E-state index contributed by atoms with van der Waals surface area (Å²) in [7, 11) is 0. The van der Waals surface area contributed by atoms with E-state index in [1.54, 1.807) is 30.0 Å². The number of halogens is 1. The second-order valence-corrected chi connectivity index (χ2v) is 6.81. The first-order chi connectivity index (χ1) is 13.4. The third-order valence-electron chi connectivity index (χ3n) is 4.77. The molecule has 0 unspecified atom stereocenters. The third-order valence-corrected chi connectivity index (χ3v) is 4.77. The molecule has 0 bridgehead atoms. The van der Waals surface area contributed by atoms with Gasteiger partial charge in [0, 0.05) is 32.6 Å². The van der Waals surface area contributed by atoms with Crippen LogP contribution in [0.2, 0.25) is 0 Å². The highest BCUT2D eigenvalue weighted by atomic mass is 19.1. The van der Waals surface area contributed by atoms with Crippen molar-refractivity contribution in [3.63, 3.8) is 0 Å². The van der Waals surface area contributed by atoms with Crippen LogP contribution in [-0.4, -0.2) is 66.5 Å². The van der Waals surface area contributed by atoms with Gasteiger partial charge in [-0.05, 0) is 37.8 Å². The number of benzene rings is 1. The summed E-state index contributed by atoms with van der Waals surface area (Å²) in [4.78, 5) is 38.9. The van der Waals surface area contributed by atoms with Crippen molar-refractivity contribution in [2.24, 2.45) is 0 Å². The molecular formula is C20H28FN3O4. The molecule has 1 aliphatic rings. The van der Waals surface area contributed by atoms with E-state index in [2.05, 4.69) is 5.32 Å². The van der Waals surface area contributed by atoms with Crippen molar-refractivity contribution in [2.45, 2.75) is 39.2 Å². The number of carbonyl (C=O) groups excluding carboxylic acids is 3. The number of ether oxygens (including phenoxy) is 1. The Kier molecular flexibility index (Phi) is 8.22. The number of amides is 3. The van der Waals surface area contributed by atoms with Crippen LogP contribution in [0.3, 0.4) is 0 Å².